The molecule has 0 aromatic carbocycles. The Morgan fingerprint density at radius 2 is 2.15 bits per heavy atom. The summed E-state index contributed by atoms with van der Waals surface area (Å²) in [7, 11) is 0. The van der Waals surface area contributed by atoms with Crippen LogP contribution in [0.5, 0.6) is 0 Å². The van der Waals surface area contributed by atoms with E-state index in [0.717, 1.165) is 5.56 Å². The van der Waals surface area contributed by atoms with Crippen LogP contribution in [0.1, 0.15) is 11.6 Å². The Morgan fingerprint density at radius 3 is 2.77 bits per heavy atom. The van der Waals surface area contributed by atoms with Crippen LogP contribution >= 0.6 is 0 Å². The highest BCUT2D eigenvalue weighted by atomic mass is 16.2. The van der Waals surface area contributed by atoms with Crippen LogP contribution in [0, 0.1) is 0 Å². The van der Waals surface area contributed by atoms with Crippen LogP contribution in [0.3, 0.4) is 0 Å². The molecule has 2 N–H and O–H groups in total. The first-order chi connectivity index (χ1) is 6.36. The van der Waals surface area contributed by atoms with E-state index in [1.54, 1.807) is 12.4 Å². The lowest BCUT2D eigenvalue weighted by atomic mass is 10.1. The Balaban J connectivity index is 2.07. The zero-order valence-electron chi connectivity index (χ0n) is 7.16. The summed E-state index contributed by atoms with van der Waals surface area (Å²) in [5.74, 6) is 0.0605. The van der Waals surface area contributed by atoms with Crippen molar-refractivity contribution in [1.29, 1.82) is 0 Å². The van der Waals surface area contributed by atoms with Gasteiger partial charge in [0.25, 0.3) is 0 Å². The summed E-state index contributed by atoms with van der Waals surface area (Å²) in [6.45, 7) is 1.05. The fraction of sp³-hybridized carbons (Fsp3) is 0.333. The van der Waals surface area contributed by atoms with Gasteiger partial charge in [-0.1, -0.05) is 0 Å². The number of piperazine rings is 1. The first-order valence-electron chi connectivity index (χ1n) is 4.26. The molecule has 1 saturated heterocycles. The van der Waals surface area contributed by atoms with Crippen LogP contribution in [0.2, 0.25) is 0 Å². The fourth-order valence-corrected chi connectivity index (χ4v) is 1.40. The molecule has 1 aromatic heterocycles. The van der Waals surface area contributed by atoms with E-state index in [1.165, 1.54) is 0 Å². The predicted octanol–water partition coefficient (Wildman–Crippen LogP) is -0.158. The third kappa shape index (κ3) is 1.84. The second kappa shape index (κ2) is 3.53. The summed E-state index contributed by atoms with van der Waals surface area (Å²) in [6.07, 6.45) is 3.51. The maximum Gasteiger partial charge on any atom is 0.234 e. The van der Waals surface area contributed by atoms with Crippen molar-refractivity contribution >= 4 is 5.91 Å². The summed E-state index contributed by atoms with van der Waals surface area (Å²) >= 11 is 0. The van der Waals surface area contributed by atoms with Gasteiger partial charge in [0, 0.05) is 18.9 Å². The van der Waals surface area contributed by atoms with Crippen molar-refractivity contribution in [2.75, 3.05) is 13.1 Å². The Kier molecular flexibility index (Phi) is 2.23. The number of aromatic nitrogens is 1. The van der Waals surface area contributed by atoms with E-state index in [2.05, 4.69) is 15.6 Å². The molecule has 1 aliphatic rings. The minimum absolute atomic E-state index is 0.0605. The molecule has 1 aromatic rings. The molecule has 13 heavy (non-hydrogen) atoms. The van der Waals surface area contributed by atoms with E-state index in [0.29, 0.717) is 13.1 Å². The molecular formula is C9H11N3O. The Labute approximate surface area is 76.4 Å². The number of rotatable bonds is 1. The lowest BCUT2D eigenvalue weighted by Crippen LogP contribution is -2.46. The van der Waals surface area contributed by atoms with Crippen molar-refractivity contribution < 1.29 is 4.79 Å². The highest BCUT2D eigenvalue weighted by Gasteiger charge is 2.17. The lowest BCUT2D eigenvalue weighted by Gasteiger charge is -2.24. The van der Waals surface area contributed by atoms with E-state index in [9.17, 15) is 4.79 Å². The normalized spacial score (nSPS) is 22.5. The van der Waals surface area contributed by atoms with E-state index in [-0.39, 0.29) is 11.9 Å². The molecule has 0 aliphatic carbocycles. The average molecular weight is 177 g/mol. The van der Waals surface area contributed by atoms with Gasteiger partial charge in [0.2, 0.25) is 5.91 Å². The zero-order valence-corrected chi connectivity index (χ0v) is 7.16. The molecule has 0 unspecified atom stereocenters. The molecule has 0 spiro atoms. The monoisotopic (exact) mass is 177 g/mol. The molecule has 2 heterocycles. The van der Waals surface area contributed by atoms with Crippen molar-refractivity contribution in [3.8, 4) is 0 Å². The zero-order chi connectivity index (χ0) is 9.10. The maximum absolute atomic E-state index is 10.9. The molecule has 0 radical (unpaired) electrons. The largest absolute Gasteiger partial charge is 0.353 e. The van der Waals surface area contributed by atoms with Crippen LogP contribution < -0.4 is 10.6 Å². The second-order valence-electron chi connectivity index (χ2n) is 3.02. The van der Waals surface area contributed by atoms with Gasteiger partial charge in [0.15, 0.2) is 0 Å². The van der Waals surface area contributed by atoms with Crippen molar-refractivity contribution in [1.82, 2.24) is 15.6 Å². The molecule has 1 fully saturated rings. The third-order valence-electron chi connectivity index (χ3n) is 2.12. The van der Waals surface area contributed by atoms with Gasteiger partial charge in [-0.2, -0.15) is 0 Å². The quantitative estimate of drug-likeness (QED) is 0.627. The number of hydrogen-bond acceptors (Lipinski definition) is 3. The molecular weight excluding hydrogens is 166 g/mol. The van der Waals surface area contributed by atoms with E-state index in [4.69, 9.17) is 0 Å². The van der Waals surface area contributed by atoms with Crippen LogP contribution in [-0.4, -0.2) is 24.0 Å². The fourth-order valence-electron chi connectivity index (χ4n) is 1.40. The SMILES string of the molecule is O=C1CN[C@@H](c2ccncc2)CN1. The van der Waals surface area contributed by atoms with Gasteiger partial charge >= 0.3 is 0 Å². The first-order valence-corrected chi connectivity index (χ1v) is 4.26. The number of nitrogens with zero attached hydrogens (tertiary/aromatic N) is 1. The van der Waals surface area contributed by atoms with E-state index < -0.39 is 0 Å². The van der Waals surface area contributed by atoms with Crippen molar-refractivity contribution in [2.45, 2.75) is 6.04 Å². The Bertz CT molecular complexity index is 289. The smallest absolute Gasteiger partial charge is 0.234 e. The minimum atomic E-state index is 0.0605. The molecule has 1 amide bonds. The van der Waals surface area contributed by atoms with Gasteiger partial charge in [-0.05, 0) is 17.7 Å². The third-order valence-corrected chi connectivity index (χ3v) is 2.12. The van der Waals surface area contributed by atoms with E-state index in [1.807, 2.05) is 12.1 Å². The van der Waals surface area contributed by atoms with Crippen LogP contribution in [0.4, 0.5) is 0 Å². The molecule has 1 aliphatic heterocycles. The molecule has 68 valence electrons. The second-order valence-corrected chi connectivity index (χ2v) is 3.02. The Hall–Kier alpha value is -1.42. The first kappa shape index (κ1) is 8.19. The van der Waals surface area contributed by atoms with Crippen LogP contribution in [0.25, 0.3) is 0 Å². The van der Waals surface area contributed by atoms with Gasteiger partial charge in [0.1, 0.15) is 0 Å². The minimum Gasteiger partial charge on any atom is -0.353 e. The highest BCUT2D eigenvalue weighted by Crippen LogP contribution is 2.11. The number of amides is 1. The highest BCUT2D eigenvalue weighted by molar-refractivity contribution is 5.78. The number of pyridine rings is 1. The Morgan fingerprint density at radius 1 is 1.38 bits per heavy atom. The number of carbonyl (C=O) groups is 1. The van der Waals surface area contributed by atoms with Crippen LogP contribution in [0.15, 0.2) is 24.5 Å². The van der Waals surface area contributed by atoms with Crippen molar-refractivity contribution in [2.24, 2.45) is 0 Å². The molecule has 2 rings (SSSR count). The molecule has 0 saturated carbocycles. The van der Waals surface area contributed by atoms with Crippen molar-refractivity contribution in [3.63, 3.8) is 0 Å². The van der Waals surface area contributed by atoms with Crippen molar-refractivity contribution in [3.05, 3.63) is 30.1 Å². The van der Waals surface area contributed by atoms with Crippen LogP contribution in [-0.2, 0) is 4.79 Å². The van der Waals surface area contributed by atoms with Gasteiger partial charge < -0.3 is 5.32 Å². The maximum atomic E-state index is 10.9. The molecule has 1 atom stereocenters. The van der Waals surface area contributed by atoms with Gasteiger partial charge in [-0.3, -0.25) is 15.1 Å². The topological polar surface area (TPSA) is 54.0 Å². The van der Waals surface area contributed by atoms with Gasteiger partial charge in [0.05, 0.1) is 12.6 Å². The number of carbonyl (C=O) groups excluding carboxylic acids is 1. The average Bonchev–Trinajstić information content (AvgIpc) is 2.20. The summed E-state index contributed by atoms with van der Waals surface area (Å²) < 4.78 is 0. The molecule has 4 heteroatoms. The summed E-state index contributed by atoms with van der Waals surface area (Å²) in [4.78, 5) is 14.8. The predicted molar refractivity (Wildman–Crippen MR) is 48.0 cm³/mol. The lowest BCUT2D eigenvalue weighted by molar-refractivity contribution is -0.121. The summed E-state index contributed by atoms with van der Waals surface area (Å²) in [6, 6.07) is 4.13. The summed E-state index contributed by atoms with van der Waals surface area (Å²) in [5.41, 5.74) is 1.16. The standard InChI is InChI=1S/C9H11N3O/c13-9-6-11-8(5-12-9)7-1-3-10-4-2-7/h1-4,8,11H,5-6H2,(H,12,13)/t8-/m1/s1. The number of nitrogens with one attached hydrogen (secondary N) is 2. The van der Waals surface area contributed by atoms with Gasteiger partial charge in [-0.15, -0.1) is 0 Å². The van der Waals surface area contributed by atoms with E-state index >= 15 is 0 Å². The molecule has 4 nitrogen and oxygen atoms in total. The van der Waals surface area contributed by atoms with Gasteiger partial charge in [-0.25, -0.2) is 0 Å². The molecule has 0 bridgehead atoms. The number of hydrogen-bond donors (Lipinski definition) is 2. The summed E-state index contributed by atoms with van der Waals surface area (Å²) in [5, 5.41) is 5.95.